The molecule has 138 valence electrons. The molecule has 0 aliphatic carbocycles. The fourth-order valence-corrected chi connectivity index (χ4v) is 2.94. The van der Waals surface area contributed by atoms with Crippen LogP contribution in [0, 0.1) is 5.82 Å². The molecule has 1 aromatic heterocycles. The molecule has 3 N–H and O–H groups in total. The largest absolute Gasteiger partial charge is 0.348 e. The highest BCUT2D eigenvalue weighted by molar-refractivity contribution is 7.89. The molecule has 1 amide bonds. The molecule has 8 heteroatoms. The predicted molar refractivity (Wildman–Crippen MR) is 98.6 cm³/mol. The molecule has 2 aromatic carbocycles. The number of nitrogens with two attached hydrogens (primary N) is 1. The number of hydrogen-bond acceptors (Lipinski definition) is 4. The molecule has 0 fully saturated rings. The molecule has 0 aliphatic rings. The minimum Gasteiger partial charge on any atom is -0.348 e. The van der Waals surface area contributed by atoms with Crippen LogP contribution in [0.3, 0.4) is 0 Å². The van der Waals surface area contributed by atoms with Crippen LogP contribution in [0.25, 0.3) is 11.3 Å². The minimum absolute atomic E-state index is 0.00899. The molecule has 3 rings (SSSR count). The number of rotatable bonds is 5. The van der Waals surface area contributed by atoms with Crippen LogP contribution in [0.1, 0.15) is 15.9 Å². The van der Waals surface area contributed by atoms with Gasteiger partial charge in [-0.3, -0.25) is 9.78 Å². The highest BCUT2D eigenvalue weighted by atomic mass is 32.2. The van der Waals surface area contributed by atoms with Crippen molar-refractivity contribution in [3.63, 3.8) is 0 Å². The average Bonchev–Trinajstić information content (AvgIpc) is 2.66. The number of hydrogen-bond donors (Lipinski definition) is 2. The van der Waals surface area contributed by atoms with E-state index in [0.717, 1.165) is 5.56 Å². The maximum absolute atomic E-state index is 13.3. The maximum atomic E-state index is 13.3. The van der Waals surface area contributed by atoms with Crippen molar-refractivity contribution in [3.8, 4) is 11.3 Å². The number of carbonyl (C=O) groups is 1. The number of carbonyl (C=O) groups excluding carboxylic acids is 1. The normalized spacial score (nSPS) is 11.2. The Hall–Kier alpha value is -3.10. The Morgan fingerprint density at radius 3 is 2.41 bits per heavy atom. The van der Waals surface area contributed by atoms with E-state index in [1.807, 2.05) is 0 Å². The molecule has 0 atom stereocenters. The first-order valence-corrected chi connectivity index (χ1v) is 9.49. The first-order chi connectivity index (χ1) is 12.8. The van der Waals surface area contributed by atoms with Gasteiger partial charge in [-0.2, -0.15) is 0 Å². The third kappa shape index (κ3) is 4.75. The SMILES string of the molecule is NS(=O)(=O)c1ccc(CNC(=O)c2ccc(-c3cccc(F)c3)nc2)cc1. The molecular weight excluding hydrogens is 369 g/mol. The van der Waals surface area contributed by atoms with E-state index in [1.54, 1.807) is 36.4 Å². The van der Waals surface area contributed by atoms with Crippen molar-refractivity contribution in [1.82, 2.24) is 10.3 Å². The first kappa shape index (κ1) is 18.7. The number of benzene rings is 2. The van der Waals surface area contributed by atoms with Gasteiger partial charge in [0, 0.05) is 18.3 Å². The number of nitrogens with one attached hydrogen (secondary N) is 1. The number of amides is 1. The molecule has 0 spiro atoms. The lowest BCUT2D eigenvalue weighted by Gasteiger charge is -2.07. The minimum atomic E-state index is -3.74. The van der Waals surface area contributed by atoms with E-state index in [0.29, 0.717) is 16.8 Å². The predicted octanol–water partition coefficient (Wildman–Crippen LogP) is 2.47. The van der Waals surface area contributed by atoms with Gasteiger partial charge in [0.15, 0.2) is 0 Å². The monoisotopic (exact) mass is 385 g/mol. The fraction of sp³-hybridized carbons (Fsp3) is 0.0526. The molecule has 0 saturated heterocycles. The van der Waals surface area contributed by atoms with Gasteiger partial charge in [-0.1, -0.05) is 24.3 Å². The lowest BCUT2D eigenvalue weighted by atomic mass is 10.1. The summed E-state index contributed by atoms with van der Waals surface area (Å²) in [6.07, 6.45) is 1.42. The summed E-state index contributed by atoms with van der Waals surface area (Å²) in [4.78, 5) is 16.4. The topological polar surface area (TPSA) is 102 Å². The van der Waals surface area contributed by atoms with E-state index < -0.39 is 10.0 Å². The van der Waals surface area contributed by atoms with Crippen molar-refractivity contribution in [3.05, 3.63) is 83.8 Å². The van der Waals surface area contributed by atoms with Crippen LogP contribution in [-0.4, -0.2) is 19.3 Å². The Kier molecular flexibility index (Phi) is 5.29. The lowest BCUT2D eigenvalue weighted by Crippen LogP contribution is -2.23. The van der Waals surface area contributed by atoms with Gasteiger partial charge < -0.3 is 5.32 Å². The van der Waals surface area contributed by atoms with Crippen molar-refractivity contribution in [1.29, 1.82) is 0 Å². The van der Waals surface area contributed by atoms with Crippen molar-refractivity contribution < 1.29 is 17.6 Å². The van der Waals surface area contributed by atoms with Crippen LogP contribution in [0.4, 0.5) is 4.39 Å². The number of pyridine rings is 1. The van der Waals surface area contributed by atoms with Crippen LogP contribution in [0.2, 0.25) is 0 Å². The zero-order chi connectivity index (χ0) is 19.4. The Bertz CT molecular complexity index is 1070. The van der Waals surface area contributed by atoms with Gasteiger partial charge in [-0.15, -0.1) is 0 Å². The molecule has 0 unspecified atom stereocenters. The van der Waals surface area contributed by atoms with E-state index in [2.05, 4.69) is 10.3 Å². The zero-order valence-corrected chi connectivity index (χ0v) is 14.9. The van der Waals surface area contributed by atoms with Crippen molar-refractivity contribution in [2.24, 2.45) is 5.14 Å². The van der Waals surface area contributed by atoms with Gasteiger partial charge in [0.25, 0.3) is 5.91 Å². The Morgan fingerprint density at radius 2 is 1.81 bits per heavy atom. The van der Waals surface area contributed by atoms with Crippen LogP contribution < -0.4 is 10.5 Å². The maximum Gasteiger partial charge on any atom is 0.253 e. The molecule has 27 heavy (non-hydrogen) atoms. The van der Waals surface area contributed by atoms with Gasteiger partial charge in [0.05, 0.1) is 16.2 Å². The highest BCUT2D eigenvalue weighted by Gasteiger charge is 2.09. The second-order valence-corrected chi connectivity index (χ2v) is 7.38. The van der Waals surface area contributed by atoms with E-state index in [4.69, 9.17) is 5.14 Å². The number of nitrogens with zero attached hydrogens (tertiary/aromatic N) is 1. The summed E-state index contributed by atoms with van der Waals surface area (Å²) in [6, 6.07) is 15.2. The standard InChI is InChI=1S/C19H16FN3O3S/c20-16-3-1-2-14(10-16)18-9-6-15(12-22-18)19(24)23-11-13-4-7-17(8-5-13)27(21,25)26/h1-10,12H,11H2,(H,23,24)(H2,21,25,26). The zero-order valence-electron chi connectivity index (χ0n) is 14.1. The molecule has 0 bridgehead atoms. The highest BCUT2D eigenvalue weighted by Crippen LogP contribution is 2.18. The van der Waals surface area contributed by atoms with E-state index in [-0.39, 0.29) is 23.2 Å². The van der Waals surface area contributed by atoms with Gasteiger partial charge in [-0.25, -0.2) is 17.9 Å². The summed E-state index contributed by atoms with van der Waals surface area (Å²) in [5.74, 6) is -0.687. The summed E-state index contributed by atoms with van der Waals surface area (Å²) >= 11 is 0. The van der Waals surface area contributed by atoms with Gasteiger partial charge in [-0.05, 0) is 42.0 Å². The average molecular weight is 385 g/mol. The molecule has 0 saturated carbocycles. The second kappa shape index (κ2) is 7.65. The van der Waals surface area contributed by atoms with Crippen LogP contribution >= 0.6 is 0 Å². The third-order valence-electron chi connectivity index (χ3n) is 3.85. The summed E-state index contributed by atoms with van der Waals surface area (Å²) in [7, 11) is -3.74. The number of sulfonamides is 1. The number of primary sulfonamides is 1. The third-order valence-corrected chi connectivity index (χ3v) is 4.78. The number of aromatic nitrogens is 1. The fourth-order valence-electron chi connectivity index (χ4n) is 2.43. The summed E-state index contributed by atoms with van der Waals surface area (Å²) in [5.41, 5.74) is 2.26. The van der Waals surface area contributed by atoms with E-state index in [1.165, 1.54) is 30.5 Å². The van der Waals surface area contributed by atoms with E-state index >= 15 is 0 Å². The van der Waals surface area contributed by atoms with Crippen molar-refractivity contribution in [2.45, 2.75) is 11.4 Å². The quantitative estimate of drug-likeness (QED) is 0.704. The Morgan fingerprint density at radius 1 is 1.07 bits per heavy atom. The Balaban J connectivity index is 1.64. The van der Waals surface area contributed by atoms with Crippen molar-refractivity contribution >= 4 is 15.9 Å². The summed E-state index contributed by atoms with van der Waals surface area (Å²) < 4.78 is 35.7. The Labute approximate surface area is 155 Å². The molecule has 6 nitrogen and oxygen atoms in total. The molecular formula is C19H16FN3O3S. The molecule has 1 heterocycles. The van der Waals surface area contributed by atoms with Crippen LogP contribution in [0.5, 0.6) is 0 Å². The lowest BCUT2D eigenvalue weighted by molar-refractivity contribution is 0.0950. The smallest absolute Gasteiger partial charge is 0.253 e. The molecule has 0 aliphatic heterocycles. The number of halogens is 1. The van der Waals surface area contributed by atoms with Crippen molar-refractivity contribution in [2.75, 3.05) is 0 Å². The van der Waals surface area contributed by atoms with Gasteiger partial charge in [0.2, 0.25) is 10.0 Å². The summed E-state index contributed by atoms with van der Waals surface area (Å²) in [5, 5.41) is 7.76. The molecule has 0 radical (unpaired) electrons. The first-order valence-electron chi connectivity index (χ1n) is 7.95. The van der Waals surface area contributed by atoms with Gasteiger partial charge >= 0.3 is 0 Å². The summed E-state index contributed by atoms with van der Waals surface area (Å²) in [6.45, 7) is 0.218. The van der Waals surface area contributed by atoms with Crippen LogP contribution in [-0.2, 0) is 16.6 Å². The van der Waals surface area contributed by atoms with E-state index in [9.17, 15) is 17.6 Å². The molecule has 3 aromatic rings. The second-order valence-electron chi connectivity index (χ2n) is 5.81. The van der Waals surface area contributed by atoms with Crippen LogP contribution in [0.15, 0.2) is 71.8 Å². The van der Waals surface area contributed by atoms with Gasteiger partial charge in [0.1, 0.15) is 5.82 Å².